The first-order valence-corrected chi connectivity index (χ1v) is 9.34. The van der Waals surface area contributed by atoms with Crippen LogP contribution in [0.25, 0.3) is 6.08 Å². The SMILES string of the molecule is CCOc1cc(/C=C(\C#N)C(=O)NCc2ccc(OC)cc2)c(Br)cc1OC. The highest BCUT2D eigenvalue weighted by Gasteiger charge is 2.13. The maximum atomic E-state index is 12.4. The fraction of sp³-hybridized carbons (Fsp3) is 0.238. The van der Waals surface area contributed by atoms with Crippen molar-refractivity contribution in [3.05, 3.63) is 57.6 Å². The summed E-state index contributed by atoms with van der Waals surface area (Å²) in [5.74, 6) is 1.38. The van der Waals surface area contributed by atoms with E-state index in [1.54, 1.807) is 26.4 Å². The highest BCUT2D eigenvalue weighted by atomic mass is 79.9. The van der Waals surface area contributed by atoms with E-state index in [0.717, 1.165) is 11.3 Å². The molecule has 0 aromatic heterocycles. The average molecular weight is 445 g/mol. The minimum absolute atomic E-state index is 0.0122. The van der Waals surface area contributed by atoms with Crippen molar-refractivity contribution in [2.24, 2.45) is 0 Å². The van der Waals surface area contributed by atoms with E-state index in [0.29, 0.717) is 34.7 Å². The molecule has 0 aliphatic carbocycles. The van der Waals surface area contributed by atoms with Crippen LogP contribution in [0.1, 0.15) is 18.1 Å². The summed E-state index contributed by atoms with van der Waals surface area (Å²) in [4.78, 5) is 12.4. The van der Waals surface area contributed by atoms with Crippen LogP contribution >= 0.6 is 15.9 Å². The summed E-state index contributed by atoms with van der Waals surface area (Å²) < 4.78 is 16.6. The minimum atomic E-state index is -0.459. The number of nitriles is 1. The van der Waals surface area contributed by atoms with Gasteiger partial charge in [0.05, 0.1) is 20.8 Å². The molecule has 0 aliphatic heterocycles. The number of hydrogen-bond donors (Lipinski definition) is 1. The third-order valence-corrected chi connectivity index (χ3v) is 4.55. The van der Waals surface area contributed by atoms with E-state index < -0.39 is 5.91 Å². The Balaban J connectivity index is 2.18. The van der Waals surface area contributed by atoms with E-state index in [-0.39, 0.29) is 5.57 Å². The third kappa shape index (κ3) is 5.51. The first kappa shape index (κ1) is 21.3. The van der Waals surface area contributed by atoms with Gasteiger partial charge in [-0.3, -0.25) is 4.79 Å². The zero-order valence-electron chi connectivity index (χ0n) is 15.9. The van der Waals surface area contributed by atoms with Crippen molar-refractivity contribution in [1.29, 1.82) is 5.26 Å². The van der Waals surface area contributed by atoms with Gasteiger partial charge in [-0.25, -0.2) is 0 Å². The minimum Gasteiger partial charge on any atom is -0.497 e. The van der Waals surface area contributed by atoms with Crippen molar-refractivity contribution < 1.29 is 19.0 Å². The monoisotopic (exact) mass is 444 g/mol. The molecule has 6 nitrogen and oxygen atoms in total. The Labute approximate surface area is 172 Å². The summed E-state index contributed by atoms with van der Waals surface area (Å²) in [6, 6.07) is 12.7. The van der Waals surface area contributed by atoms with Gasteiger partial charge in [0.25, 0.3) is 5.91 Å². The number of benzene rings is 2. The van der Waals surface area contributed by atoms with Gasteiger partial charge < -0.3 is 19.5 Å². The van der Waals surface area contributed by atoms with Crippen LogP contribution in [0.4, 0.5) is 0 Å². The van der Waals surface area contributed by atoms with Crippen LogP contribution in [0.15, 0.2) is 46.4 Å². The second kappa shape index (κ2) is 10.4. The molecule has 0 saturated heterocycles. The summed E-state index contributed by atoms with van der Waals surface area (Å²) >= 11 is 3.44. The molecule has 7 heteroatoms. The zero-order chi connectivity index (χ0) is 20.5. The quantitative estimate of drug-likeness (QED) is 0.489. The van der Waals surface area contributed by atoms with Crippen molar-refractivity contribution in [1.82, 2.24) is 5.32 Å². The number of carbonyl (C=O) groups is 1. The summed E-state index contributed by atoms with van der Waals surface area (Å²) in [5.41, 5.74) is 1.53. The maximum Gasteiger partial charge on any atom is 0.262 e. The third-order valence-electron chi connectivity index (χ3n) is 3.86. The van der Waals surface area contributed by atoms with Crippen molar-refractivity contribution in [3.63, 3.8) is 0 Å². The normalized spacial score (nSPS) is 10.8. The molecule has 0 atom stereocenters. The van der Waals surface area contributed by atoms with Crippen LogP contribution in [-0.4, -0.2) is 26.7 Å². The van der Waals surface area contributed by atoms with E-state index in [9.17, 15) is 10.1 Å². The predicted octanol–water partition coefficient (Wildman–Crippen LogP) is 4.09. The lowest BCUT2D eigenvalue weighted by Gasteiger charge is -2.12. The van der Waals surface area contributed by atoms with Gasteiger partial charge in [0, 0.05) is 11.0 Å². The van der Waals surface area contributed by atoms with E-state index in [2.05, 4.69) is 21.2 Å². The molecule has 1 N–H and O–H groups in total. The summed E-state index contributed by atoms with van der Waals surface area (Å²) in [7, 11) is 3.14. The van der Waals surface area contributed by atoms with Crippen molar-refractivity contribution >= 4 is 27.9 Å². The highest BCUT2D eigenvalue weighted by molar-refractivity contribution is 9.10. The van der Waals surface area contributed by atoms with E-state index >= 15 is 0 Å². The Kier molecular flexibility index (Phi) is 7.90. The number of amides is 1. The van der Waals surface area contributed by atoms with Crippen LogP contribution in [0, 0.1) is 11.3 Å². The van der Waals surface area contributed by atoms with Gasteiger partial charge >= 0.3 is 0 Å². The Morgan fingerprint density at radius 1 is 1.18 bits per heavy atom. The van der Waals surface area contributed by atoms with Gasteiger partial charge in [-0.2, -0.15) is 5.26 Å². The molecule has 0 unspecified atom stereocenters. The summed E-state index contributed by atoms with van der Waals surface area (Å²) in [6.07, 6.45) is 1.51. The first-order valence-electron chi connectivity index (χ1n) is 8.55. The number of carbonyl (C=O) groups excluding carboxylic acids is 1. The average Bonchev–Trinajstić information content (AvgIpc) is 2.72. The molecule has 2 aromatic carbocycles. The molecule has 28 heavy (non-hydrogen) atoms. The summed E-state index contributed by atoms with van der Waals surface area (Å²) in [5, 5.41) is 12.2. The lowest BCUT2D eigenvalue weighted by atomic mass is 10.1. The van der Waals surface area contributed by atoms with Gasteiger partial charge in [-0.15, -0.1) is 0 Å². The van der Waals surface area contributed by atoms with Crippen LogP contribution in [0.2, 0.25) is 0 Å². The van der Waals surface area contributed by atoms with Gasteiger partial charge in [0.15, 0.2) is 11.5 Å². The predicted molar refractivity (Wildman–Crippen MR) is 110 cm³/mol. The second-order valence-corrected chi connectivity index (χ2v) is 6.51. The van der Waals surface area contributed by atoms with Gasteiger partial charge in [0.1, 0.15) is 17.4 Å². The zero-order valence-corrected chi connectivity index (χ0v) is 17.5. The van der Waals surface area contributed by atoms with E-state index in [4.69, 9.17) is 14.2 Å². The molecule has 0 aliphatic rings. The lowest BCUT2D eigenvalue weighted by Crippen LogP contribution is -2.23. The topological polar surface area (TPSA) is 80.6 Å². The Hall–Kier alpha value is -2.98. The highest BCUT2D eigenvalue weighted by Crippen LogP contribution is 2.34. The van der Waals surface area contributed by atoms with E-state index in [1.807, 2.05) is 37.3 Å². The number of ether oxygens (including phenoxy) is 3. The lowest BCUT2D eigenvalue weighted by molar-refractivity contribution is -0.117. The smallest absolute Gasteiger partial charge is 0.262 e. The van der Waals surface area contributed by atoms with Gasteiger partial charge in [0.2, 0.25) is 0 Å². The molecule has 0 saturated carbocycles. The number of rotatable bonds is 8. The second-order valence-electron chi connectivity index (χ2n) is 5.66. The Morgan fingerprint density at radius 2 is 1.89 bits per heavy atom. The molecule has 1 amide bonds. The largest absolute Gasteiger partial charge is 0.497 e. The Morgan fingerprint density at radius 3 is 2.46 bits per heavy atom. The molecule has 146 valence electrons. The Bertz CT molecular complexity index is 902. The fourth-order valence-corrected chi connectivity index (χ4v) is 2.85. The maximum absolute atomic E-state index is 12.4. The summed E-state index contributed by atoms with van der Waals surface area (Å²) in [6.45, 7) is 2.63. The van der Waals surface area contributed by atoms with Crippen molar-refractivity contribution in [3.8, 4) is 23.3 Å². The van der Waals surface area contributed by atoms with E-state index in [1.165, 1.54) is 6.08 Å². The van der Waals surface area contributed by atoms with Crippen LogP contribution < -0.4 is 19.5 Å². The molecular formula is C21H21BrN2O4. The molecule has 2 aromatic rings. The van der Waals surface area contributed by atoms with Crippen LogP contribution in [0.3, 0.4) is 0 Å². The standard InChI is InChI=1S/C21H21BrN2O4/c1-4-28-20-10-15(18(22)11-19(20)27-3)9-16(12-23)21(25)24-13-14-5-7-17(26-2)8-6-14/h5-11H,4,13H2,1-3H3,(H,24,25)/b16-9+. The molecule has 0 bridgehead atoms. The fourth-order valence-electron chi connectivity index (χ4n) is 2.41. The molecule has 0 spiro atoms. The molecule has 0 heterocycles. The molecule has 0 radical (unpaired) electrons. The number of hydrogen-bond acceptors (Lipinski definition) is 5. The van der Waals surface area contributed by atoms with Gasteiger partial charge in [-0.05, 0) is 48.4 Å². The number of halogens is 1. The number of methoxy groups -OCH3 is 2. The van der Waals surface area contributed by atoms with Crippen LogP contribution in [-0.2, 0) is 11.3 Å². The number of nitrogens with zero attached hydrogens (tertiary/aromatic N) is 1. The molecule has 0 fully saturated rings. The van der Waals surface area contributed by atoms with Crippen molar-refractivity contribution in [2.75, 3.05) is 20.8 Å². The number of nitrogens with one attached hydrogen (secondary N) is 1. The molecular weight excluding hydrogens is 424 g/mol. The van der Waals surface area contributed by atoms with Gasteiger partial charge in [-0.1, -0.05) is 28.1 Å². The first-order chi connectivity index (χ1) is 13.5. The molecule has 2 rings (SSSR count). The van der Waals surface area contributed by atoms with Crippen LogP contribution in [0.5, 0.6) is 17.2 Å². The van der Waals surface area contributed by atoms with Crippen molar-refractivity contribution in [2.45, 2.75) is 13.5 Å².